The molecule has 0 aliphatic rings. The Labute approximate surface area is 141 Å². The number of hydrogen-bond donors (Lipinski definition) is 3. The third-order valence-corrected chi connectivity index (χ3v) is 4.03. The van der Waals surface area contributed by atoms with Crippen molar-refractivity contribution in [2.24, 2.45) is 5.92 Å². The molecule has 2 heterocycles. The van der Waals surface area contributed by atoms with Gasteiger partial charge >= 0.3 is 0 Å². The van der Waals surface area contributed by atoms with Gasteiger partial charge in [-0.15, -0.1) is 0 Å². The van der Waals surface area contributed by atoms with E-state index < -0.39 is 0 Å². The molecule has 0 atom stereocenters. The molecule has 1 aromatic carbocycles. The zero-order valence-corrected chi connectivity index (χ0v) is 14.2. The van der Waals surface area contributed by atoms with Crippen molar-refractivity contribution in [1.82, 2.24) is 15.2 Å². The van der Waals surface area contributed by atoms with Crippen molar-refractivity contribution in [2.75, 3.05) is 5.32 Å². The number of amides is 1. The number of para-hydroxylation sites is 1. The van der Waals surface area contributed by atoms with Gasteiger partial charge in [-0.25, -0.2) is 4.98 Å². The number of phenolic OH excluding ortho intramolecular Hbond substituents is 1. The van der Waals surface area contributed by atoms with Crippen LogP contribution in [0.25, 0.3) is 22.3 Å². The van der Waals surface area contributed by atoms with Crippen molar-refractivity contribution >= 4 is 38.7 Å². The number of pyridine rings is 1. The smallest absolute Gasteiger partial charge is 0.228 e. The molecule has 6 nitrogen and oxygen atoms in total. The second-order valence-corrected chi connectivity index (χ2v) is 6.30. The molecule has 0 bridgehead atoms. The number of phenols is 1. The van der Waals surface area contributed by atoms with E-state index in [0.29, 0.717) is 32.6 Å². The molecule has 7 heteroatoms. The van der Waals surface area contributed by atoms with E-state index in [-0.39, 0.29) is 17.6 Å². The number of benzene rings is 1. The number of carbonyl (C=O) groups is 1. The summed E-state index contributed by atoms with van der Waals surface area (Å²) >= 11 is 3.47. The Kier molecular flexibility index (Phi) is 4.04. The predicted molar refractivity (Wildman–Crippen MR) is 92.2 cm³/mol. The molecule has 0 radical (unpaired) electrons. The molecule has 1 amide bonds. The lowest BCUT2D eigenvalue weighted by Crippen LogP contribution is -2.18. The van der Waals surface area contributed by atoms with Crippen LogP contribution in [-0.2, 0) is 4.79 Å². The second-order valence-electron chi connectivity index (χ2n) is 5.45. The van der Waals surface area contributed by atoms with Crippen molar-refractivity contribution in [3.63, 3.8) is 0 Å². The summed E-state index contributed by atoms with van der Waals surface area (Å²) in [7, 11) is 0. The molecule has 2 aromatic heterocycles. The van der Waals surface area contributed by atoms with E-state index in [4.69, 9.17) is 0 Å². The highest BCUT2D eigenvalue weighted by atomic mass is 79.9. The number of fused-ring (bicyclic) bond motifs is 1. The van der Waals surface area contributed by atoms with Gasteiger partial charge in [0.2, 0.25) is 5.91 Å². The van der Waals surface area contributed by atoms with E-state index in [1.54, 1.807) is 18.2 Å². The number of nitrogens with one attached hydrogen (secondary N) is 2. The molecule has 23 heavy (non-hydrogen) atoms. The number of rotatable bonds is 3. The quantitative estimate of drug-likeness (QED) is 0.651. The Morgan fingerprint density at radius 3 is 2.78 bits per heavy atom. The summed E-state index contributed by atoms with van der Waals surface area (Å²) in [5, 5.41) is 20.4. The minimum Gasteiger partial charge on any atom is -0.507 e. The Balaban J connectivity index is 2.08. The fraction of sp³-hybridized carbons (Fsp3) is 0.188. The standard InChI is InChI=1S/C16H15BrN4O2/c1-8(2)16(23)19-15-10-7-11(17)13(18-14(10)20-21-15)9-5-3-4-6-12(9)22/h3-8,22H,1-2H3,(H2,18,19,20,21,23). The largest absolute Gasteiger partial charge is 0.507 e. The van der Waals surface area contributed by atoms with Crippen LogP contribution in [0.15, 0.2) is 34.8 Å². The maximum Gasteiger partial charge on any atom is 0.228 e. The van der Waals surface area contributed by atoms with Gasteiger partial charge in [-0.1, -0.05) is 26.0 Å². The van der Waals surface area contributed by atoms with Gasteiger partial charge in [0.15, 0.2) is 11.5 Å². The average Bonchev–Trinajstić information content (AvgIpc) is 2.89. The van der Waals surface area contributed by atoms with E-state index in [2.05, 4.69) is 36.4 Å². The van der Waals surface area contributed by atoms with E-state index in [1.165, 1.54) is 0 Å². The predicted octanol–water partition coefficient (Wildman–Crippen LogP) is 3.69. The van der Waals surface area contributed by atoms with E-state index in [1.807, 2.05) is 26.0 Å². The van der Waals surface area contributed by atoms with Crippen molar-refractivity contribution in [3.8, 4) is 17.0 Å². The van der Waals surface area contributed by atoms with Crippen LogP contribution in [0.4, 0.5) is 5.82 Å². The Morgan fingerprint density at radius 1 is 1.35 bits per heavy atom. The first-order chi connectivity index (χ1) is 11.0. The molecule has 3 rings (SSSR count). The van der Waals surface area contributed by atoms with E-state index in [9.17, 15) is 9.90 Å². The number of anilines is 1. The van der Waals surface area contributed by atoms with Crippen LogP contribution in [-0.4, -0.2) is 26.2 Å². The number of aromatic hydroxyl groups is 1. The highest BCUT2D eigenvalue weighted by Crippen LogP contribution is 2.35. The fourth-order valence-electron chi connectivity index (χ4n) is 2.14. The molecule has 0 fully saturated rings. The van der Waals surface area contributed by atoms with Gasteiger partial charge in [0, 0.05) is 16.0 Å². The molecule has 3 aromatic rings. The number of carbonyl (C=O) groups excluding carboxylic acids is 1. The minimum atomic E-state index is -0.140. The van der Waals surface area contributed by atoms with Gasteiger partial charge in [-0.2, -0.15) is 5.10 Å². The number of aromatic nitrogens is 3. The number of aromatic amines is 1. The zero-order chi connectivity index (χ0) is 16.6. The molecular weight excluding hydrogens is 360 g/mol. The first kappa shape index (κ1) is 15.5. The topological polar surface area (TPSA) is 90.9 Å². The fourth-order valence-corrected chi connectivity index (χ4v) is 2.67. The Morgan fingerprint density at radius 2 is 2.09 bits per heavy atom. The van der Waals surface area contributed by atoms with Crippen LogP contribution in [0.2, 0.25) is 0 Å². The van der Waals surface area contributed by atoms with Gasteiger partial charge in [0.1, 0.15) is 5.75 Å². The summed E-state index contributed by atoms with van der Waals surface area (Å²) in [6.07, 6.45) is 0. The van der Waals surface area contributed by atoms with Gasteiger partial charge in [-0.05, 0) is 34.1 Å². The maximum atomic E-state index is 11.8. The molecule has 118 valence electrons. The molecule has 0 saturated heterocycles. The molecular formula is C16H15BrN4O2. The van der Waals surface area contributed by atoms with E-state index in [0.717, 1.165) is 0 Å². The first-order valence-electron chi connectivity index (χ1n) is 7.11. The highest BCUT2D eigenvalue weighted by Gasteiger charge is 2.16. The summed E-state index contributed by atoms with van der Waals surface area (Å²) in [5.41, 5.74) is 1.75. The number of H-pyrrole nitrogens is 1. The summed E-state index contributed by atoms with van der Waals surface area (Å²) in [5.74, 6) is 0.335. The monoisotopic (exact) mass is 374 g/mol. The molecule has 0 spiro atoms. The van der Waals surface area contributed by atoms with Crippen LogP contribution < -0.4 is 5.32 Å². The summed E-state index contributed by atoms with van der Waals surface area (Å²) in [4.78, 5) is 16.3. The molecule has 0 saturated carbocycles. The highest BCUT2D eigenvalue weighted by molar-refractivity contribution is 9.10. The van der Waals surface area contributed by atoms with Gasteiger partial charge in [-0.3, -0.25) is 9.89 Å². The van der Waals surface area contributed by atoms with Crippen LogP contribution in [0.1, 0.15) is 13.8 Å². The molecule has 3 N–H and O–H groups in total. The average molecular weight is 375 g/mol. The van der Waals surface area contributed by atoms with Crippen LogP contribution in [0.3, 0.4) is 0 Å². The normalized spacial score (nSPS) is 11.1. The summed E-state index contributed by atoms with van der Waals surface area (Å²) < 4.78 is 0.702. The van der Waals surface area contributed by atoms with Crippen LogP contribution in [0, 0.1) is 5.92 Å². The molecule has 0 unspecified atom stereocenters. The Hall–Kier alpha value is -2.41. The van der Waals surface area contributed by atoms with E-state index >= 15 is 0 Å². The Bertz CT molecular complexity index is 889. The van der Waals surface area contributed by atoms with Gasteiger partial charge < -0.3 is 10.4 Å². The molecule has 0 aliphatic heterocycles. The first-order valence-corrected chi connectivity index (χ1v) is 7.90. The second kappa shape index (κ2) is 6.00. The third kappa shape index (κ3) is 2.92. The lowest BCUT2D eigenvalue weighted by Gasteiger charge is -2.07. The molecule has 0 aliphatic carbocycles. The number of hydrogen-bond acceptors (Lipinski definition) is 4. The van der Waals surface area contributed by atoms with Crippen molar-refractivity contribution < 1.29 is 9.90 Å². The number of nitrogens with zero attached hydrogens (tertiary/aromatic N) is 2. The van der Waals surface area contributed by atoms with Crippen molar-refractivity contribution in [2.45, 2.75) is 13.8 Å². The third-order valence-electron chi connectivity index (χ3n) is 3.43. The lowest BCUT2D eigenvalue weighted by molar-refractivity contribution is -0.118. The number of halogens is 1. The van der Waals surface area contributed by atoms with Crippen LogP contribution in [0.5, 0.6) is 5.75 Å². The maximum absolute atomic E-state index is 11.8. The zero-order valence-electron chi connectivity index (χ0n) is 12.6. The summed E-state index contributed by atoms with van der Waals surface area (Å²) in [6, 6.07) is 8.79. The lowest BCUT2D eigenvalue weighted by atomic mass is 10.1. The van der Waals surface area contributed by atoms with Gasteiger partial charge in [0.05, 0.1) is 11.1 Å². The summed E-state index contributed by atoms with van der Waals surface area (Å²) in [6.45, 7) is 3.63. The van der Waals surface area contributed by atoms with Crippen molar-refractivity contribution in [1.29, 1.82) is 0 Å². The minimum absolute atomic E-state index is 0.112. The van der Waals surface area contributed by atoms with Crippen molar-refractivity contribution in [3.05, 3.63) is 34.8 Å². The van der Waals surface area contributed by atoms with Crippen LogP contribution >= 0.6 is 15.9 Å². The van der Waals surface area contributed by atoms with Gasteiger partial charge in [0.25, 0.3) is 0 Å². The SMILES string of the molecule is CC(C)C(=O)Nc1n[nH]c2nc(-c3ccccc3O)c(Br)cc12.